The number of nitrogens with one attached hydrogen (secondary N) is 1. The first kappa shape index (κ1) is 10.8. The second-order valence-corrected chi connectivity index (χ2v) is 3.64. The fourth-order valence-corrected chi connectivity index (χ4v) is 1.19. The number of anilines is 2. The van der Waals surface area contributed by atoms with Crippen molar-refractivity contribution in [2.75, 3.05) is 11.1 Å². The quantitative estimate of drug-likeness (QED) is 0.729. The summed E-state index contributed by atoms with van der Waals surface area (Å²) in [5, 5.41) is 3.24. The van der Waals surface area contributed by atoms with Crippen LogP contribution in [0.25, 0.3) is 0 Å². The molecule has 1 aromatic carbocycles. The van der Waals surface area contributed by atoms with Crippen LogP contribution in [0.4, 0.5) is 15.8 Å². The molecular weight excluding hydrogens is 179 g/mol. The minimum atomic E-state index is -0.253. The standard InChI is InChI=1S/C11H17FN2/c1-4-8(3)14-11-5-7(2)9(12)6-10(11)13/h5-6,8,14H,4,13H2,1-3H3. The summed E-state index contributed by atoms with van der Waals surface area (Å²) < 4.78 is 13.1. The van der Waals surface area contributed by atoms with Crippen molar-refractivity contribution in [3.63, 3.8) is 0 Å². The molecule has 0 heterocycles. The van der Waals surface area contributed by atoms with Crippen LogP contribution in [-0.4, -0.2) is 6.04 Å². The van der Waals surface area contributed by atoms with Crippen LogP contribution in [0, 0.1) is 12.7 Å². The molecule has 0 aliphatic carbocycles. The first-order chi connectivity index (χ1) is 6.54. The number of hydrogen-bond donors (Lipinski definition) is 2. The van der Waals surface area contributed by atoms with Crippen molar-refractivity contribution in [1.29, 1.82) is 0 Å². The minimum absolute atomic E-state index is 0.253. The molecule has 0 fully saturated rings. The number of rotatable bonds is 3. The molecule has 1 unspecified atom stereocenters. The van der Waals surface area contributed by atoms with Gasteiger partial charge in [0.2, 0.25) is 0 Å². The van der Waals surface area contributed by atoms with E-state index in [9.17, 15) is 4.39 Å². The molecule has 0 saturated heterocycles. The number of nitrogen functional groups attached to an aromatic ring is 1. The smallest absolute Gasteiger partial charge is 0.128 e. The molecule has 1 aromatic rings. The molecule has 14 heavy (non-hydrogen) atoms. The van der Waals surface area contributed by atoms with Gasteiger partial charge in [0.05, 0.1) is 11.4 Å². The average molecular weight is 196 g/mol. The average Bonchev–Trinajstić information content (AvgIpc) is 2.14. The topological polar surface area (TPSA) is 38.0 Å². The predicted octanol–water partition coefficient (Wildman–Crippen LogP) is 2.93. The maximum Gasteiger partial charge on any atom is 0.128 e. The summed E-state index contributed by atoms with van der Waals surface area (Å²) >= 11 is 0. The molecule has 3 N–H and O–H groups in total. The minimum Gasteiger partial charge on any atom is -0.397 e. The second kappa shape index (κ2) is 4.31. The molecule has 0 radical (unpaired) electrons. The lowest BCUT2D eigenvalue weighted by Gasteiger charge is -2.15. The van der Waals surface area contributed by atoms with Gasteiger partial charge in [0, 0.05) is 6.04 Å². The molecular formula is C11H17FN2. The van der Waals surface area contributed by atoms with Crippen LogP contribution in [0.3, 0.4) is 0 Å². The summed E-state index contributed by atoms with van der Waals surface area (Å²) in [6, 6.07) is 3.46. The summed E-state index contributed by atoms with van der Waals surface area (Å²) in [5.74, 6) is -0.253. The molecule has 78 valence electrons. The van der Waals surface area contributed by atoms with Gasteiger partial charge in [-0.1, -0.05) is 6.92 Å². The normalized spacial score (nSPS) is 12.6. The zero-order chi connectivity index (χ0) is 10.7. The molecule has 0 amide bonds. The summed E-state index contributed by atoms with van der Waals surface area (Å²) in [7, 11) is 0. The van der Waals surface area contributed by atoms with E-state index in [0.29, 0.717) is 17.3 Å². The van der Waals surface area contributed by atoms with E-state index in [1.165, 1.54) is 6.07 Å². The van der Waals surface area contributed by atoms with Gasteiger partial charge in [0.1, 0.15) is 5.82 Å². The zero-order valence-corrected chi connectivity index (χ0v) is 8.89. The van der Waals surface area contributed by atoms with Gasteiger partial charge in [0.25, 0.3) is 0 Å². The van der Waals surface area contributed by atoms with Crippen LogP contribution in [0.15, 0.2) is 12.1 Å². The Kier molecular flexibility index (Phi) is 3.33. The number of hydrogen-bond acceptors (Lipinski definition) is 2. The molecule has 2 nitrogen and oxygen atoms in total. The number of aryl methyl sites for hydroxylation is 1. The van der Waals surface area contributed by atoms with Crippen LogP contribution in [0.5, 0.6) is 0 Å². The molecule has 1 rings (SSSR count). The van der Waals surface area contributed by atoms with Crippen LogP contribution in [0.2, 0.25) is 0 Å². The maximum absolute atomic E-state index is 13.1. The molecule has 0 spiro atoms. The van der Waals surface area contributed by atoms with Crippen molar-refractivity contribution < 1.29 is 4.39 Å². The lowest BCUT2D eigenvalue weighted by atomic mass is 10.1. The van der Waals surface area contributed by atoms with Crippen molar-refractivity contribution in [2.45, 2.75) is 33.2 Å². The van der Waals surface area contributed by atoms with Crippen LogP contribution in [-0.2, 0) is 0 Å². The van der Waals surface area contributed by atoms with Gasteiger partial charge >= 0.3 is 0 Å². The molecule has 1 atom stereocenters. The highest BCUT2D eigenvalue weighted by molar-refractivity contribution is 5.67. The van der Waals surface area contributed by atoms with E-state index < -0.39 is 0 Å². The first-order valence-corrected chi connectivity index (χ1v) is 4.86. The Morgan fingerprint density at radius 2 is 2.14 bits per heavy atom. The Morgan fingerprint density at radius 3 is 2.71 bits per heavy atom. The van der Waals surface area contributed by atoms with Gasteiger partial charge in [0.15, 0.2) is 0 Å². The van der Waals surface area contributed by atoms with Crippen molar-refractivity contribution in [3.05, 3.63) is 23.5 Å². The number of nitrogens with two attached hydrogens (primary N) is 1. The molecule has 0 aromatic heterocycles. The van der Waals surface area contributed by atoms with Crippen molar-refractivity contribution in [3.8, 4) is 0 Å². The largest absolute Gasteiger partial charge is 0.397 e. The predicted molar refractivity (Wildman–Crippen MR) is 58.9 cm³/mol. The lowest BCUT2D eigenvalue weighted by Crippen LogP contribution is -2.14. The Morgan fingerprint density at radius 1 is 1.50 bits per heavy atom. The van der Waals surface area contributed by atoms with Gasteiger partial charge < -0.3 is 11.1 Å². The molecule has 3 heteroatoms. The van der Waals surface area contributed by atoms with Crippen LogP contribution < -0.4 is 11.1 Å². The monoisotopic (exact) mass is 196 g/mol. The third-order valence-corrected chi connectivity index (χ3v) is 2.35. The Balaban J connectivity index is 2.92. The third-order valence-electron chi connectivity index (χ3n) is 2.35. The second-order valence-electron chi connectivity index (χ2n) is 3.64. The lowest BCUT2D eigenvalue weighted by molar-refractivity contribution is 0.619. The fraction of sp³-hybridized carbons (Fsp3) is 0.455. The highest BCUT2D eigenvalue weighted by atomic mass is 19.1. The van der Waals surface area contributed by atoms with E-state index in [1.54, 1.807) is 13.0 Å². The van der Waals surface area contributed by atoms with Gasteiger partial charge in [-0.15, -0.1) is 0 Å². The summed E-state index contributed by atoms with van der Waals surface area (Å²) in [6.07, 6.45) is 1.01. The van der Waals surface area contributed by atoms with E-state index in [-0.39, 0.29) is 5.82 Å². The fourth-order valence-electron chi connectivity index (χ4n) is 1.19. The molecule has 0 saturated carbocycles. The molecule has 0 bridgehead atoms. The maximum atomic E-state index is 13.1. The van der Waals surface area contributed by atoms with E-state index in [2.05, 4.69) is 19.2 Å². The van der Waals surface area contributed by atoms with Crippen LogP contribution >= 0.6 is 0 Å². The van der Waals surface area contributed by atoms with E-state index in [0.717, 1.165) is 12.1 Å². The Labute approximate surface area is 84.3 Å². The molecule has 0 aliphatic rings. The highest BCUT2D eigenvalue weighted by Gasteiger charge is 2.06. The van der Waals surface area contributed by atoms with Gasteiger partial charge in [-0.3, -0.25) is 0 Å². The SMILES string of the molecule is CCC(C)Nc1cc(C)c(F)cc1N. The Hall–Kier alpha value is -1.25. The Bertz CT molecular complexity index is 323. The van der Waals surface area contributed by atoms with E-state index in [1.807, 2.05) is 0 Å². The van der Waals surface area contributed by atoms with Crippen molar-refractivity contribution in [1.82, 2.24) is 0 Å². The van der Waals surface area contributed by atoms with Gasteiger partial charge in [-0.2, -0.15) is 0 Å². The van der Waals surface area contributed by atoms with Gasteiger partial charge in [-0.25, -0.2) is 4.39 Å². The van der Waals surface area contributed by atoms with Crippen molar-refractivity contribution >= 4 is 11.4 Å². The number of halogens is 1. The van der Waals surface area contributed by atoms with Crippen LogP contribution in [0.1, 0.15) is 25.8 Å². The summed E-state index contributed by atoms with van der Waals surface area (Å²) in [5.41, 5.74) is 7.59. The van der Waals surface area contributed by atoms with Gasteiger partial charge in [-0.05, 0) is 38.0 Å². The van der Waals surface area contributed by atoms with Crippen molar-refractivity contribution in [2.24, 2.45) is 0 Å². The van der Waals surface area contributed by atoms with E-state index >= 15 is 0 Å². The first-order valence-electron chi connectivity index (χ1n) is 4.86. The van der Waals surface area contributed by atoms with E-state index in [4.69, 9.17) is 5.73 Å². The summed E-state index contributed by atoms with van der Waals surface area (Å²) in [4.78, 5) is 0. The number of benzene rings is 1. The highest BCUT2D eigenvalue weighted by Crippen LogP contribution is 2.23. The summed E-state index contributed by atoms with van der Waals surface area (Å²) in [6.45, 7) is 5.89. The molecule has 0 aliphatic heterocycles. The zero-order valence-electron chi connectivity index (χ0n) is 8.89. The third kappa shape index (κ3) is 2.37.